The Bertz CT molecular complexity index is 333. The maximum absolute atomic E-state index is 11.9. The van der Waals surface area contributed by atoms with Crippen molar-refractivity contribution in [1.82, 2.24) is 4.90 Å². The van der Waals surface area contributed by atoms with Gasteiger partial charge in [0, 0.05) is 19.0 Å². The van der Waals surface area contributed by atoms with Gasteiger partial charge in [-0.25, -0.2) is 0 Å². The predicted octanol–water partition coefficient (Wildman–Crippen LogP) is 1.98. The van der Waals surface area contributed by atoms with Crippen LogP contribution in [-0.4, -0.2) is 35.5 Å². The van der Waals surface area contributed by atoms with E-state index in [0.717, 1.165) is 25.7 Å². The van der Waals surface area contributed by atoms with E-state index in [0.29, 0.717) is 13.1 Å². The smallest absolute Gasteiger partial charge is 0.309 e. The first-order chi connectivity index (χ1) is 8.37. The second kappa shape index (κ2) is 4.90. The average molecular weight is 253 g/mol. The van der Waals surface area contributed by atoms with E-state index in [2.05, 4.69) is 0 Å². The van der Waals surface area contributed by atoms with Crippen molar-refractivity contribution < 1.29 is 14.3 Å². The van der Waals surface area contributed by atoms with Gasteiger partial charge in [0.25, 0.3) is 0 Å². The molecule has 1 saturated heterocycles. The van der Waals surface area contributed by atoms with Gasteiger partial charge in [0.1, 0.15) is 5.60 Å². The van der Waals surface area contributed by atoms with E-state index in [4.69, 9.17) is 4.74 Å². The molecule has 0 N–H and O–H groups in total. The number of ether oxygens (including phenoxy) is 1. The fourth-order valence-electron chi connectivity index (χ4n) is 2.31. The number of nitrogens with zero attached hydrogens (tertiary/aromatic N) is 1. The van der Waals surface area contributed by atoms with Crippen LogP contribution in [0.2, 0.25) is 0 Å². The molecule has 1 aliphatic carbocycles. The molecule has 0 aromatic heterocycles. The van der Waals surface area contributed by atoms with Crippen molar-refractivity contribution in [1.29, 1.82) is 0 Å². The molecule has 0 unspecified atom stereocenters. The van der Waals surface area contributed by atoms with Crippen molar-refractivity contribution in [2.24, 2.45) is 11.8 Å². The summed E-state index contributed by atoms with van der Waals surface area (Å²) >= 11 is 0. The maximum atomic E-state index is 11.9. The van der Waals surface area contributed by atoms with Gasteiger partial charge in [-0.15, -0.1) is 0 Å². The van der Waals surface area contributed by atoms with Gasteiger partial charge in [-0.3, -0.25) is 9.59 Å². The third kappa shape index (κ3) is 3.47. The first kappa shape index (κ1) is 13.4. The molecule has 102 valence electrons. The number of hydrogen-bond acceptors (Lipinski definition) is 3. The van der Waals surface area contributed by atoms with Crippen LogP contribution >= 0.6 is 0 Å². The monoisotopic (exact) mass is 253 g/mol. The first-order valence-corrected chi connectivity index (χ1v) is 6.88. The van der Waals surface area contributed by atoms with E-state index in [9.17, 15) is 9.59 Å². The molecule has 2 rings (SSSR count). The molecule has 1 amide bonds. The zero-order valence-electron chi connectivity index (χ0n) is 11.6. The highest BCUT2D eigenvalue weighted by atomic mass is 16.6. The number of esters is 1. The Hall–Kier alpha value is -1.06. The Morgan fingerprint density at radius 1 is 1.00 bits per heavy atom. The number of carbonyl (C=O) groups excluding carboxylic acids is 2. The van der Waals surface area contributed by atoms with E-state index >= 15 is 0 Å². The summed E-state index contributed by atoms with van der Waals surface area (Å²) in [5.41, 5.74) is -0.419. The van der Waals surface area contributed by atoms with Crippen molar-refractivity contribution in [2.45, 2.75) is 52.1 Å². The lowest BCUT2D eigenvalue weighted by Crippen LogP contribution is -2.42. The minimum absolute atomic E-state index is 0.0347. The topological polar surface area (TPSA) is 46.6 Å². The number of amides is 1. The number of likely N-dealkylation sites (tertiary alicyclic amines) is 1. The largest absolute Gasteiger partial charge is 0.460 e. The zero-order valence-corrected chi connectivity index (χ0v) is 11.6. The quantitative estimate of drug-likeness (QED) is 0.707. The molecule has 2 aliphatic rings. The summed E-state index contributed by atoms with van der Waals surface area (Å²) in [6.45, 7) is 7.07. The zero-order chi connectivity index (χ0) is 13.3. The van der Waals surface area contributed by atoms with E-state index < -0.39 is 5.60 Å². The Morgan fingerprint density at radius 3 is 2.00 bits per heavy atom. The number of hydrogen-bond donors (Lipinski definition) is 0. The molecule has 0 radical (unpaired) electrons. The van der Waals surface area contributed by atoms with Crippen LogP contribution in [0.3, 0.4) is 0 Å². The van der Waals surface area contributed by atoms with Crippen LogP contribution in [0.4, 0.5) is 0 Å². The third-order valence-corrected chi connectivity index (χ3v) is 3.47. The van der Waals surface area contributed by atoms with Gasteiger partial charge in [-0.2, -0.15) is 0 Å². The second-order valence-electron chi connectivity index (χ2n) is 6.41. The predicted molar refractivity (Wildman–Crippen MR) is 67.9 cm³/mol. The lowest BCUT2D eigenvalue weighted by molar-refractivity contribution is -0.162. The van der Waals surface area contributed by atoms with Crippen LogP contribution in [0.15, 0.2) is 0 Å². The molecule has 0 bridgehead atoms. The fourth-order valence-corrected chi connectivity index (χ4v) is 2.31. The summed E-state index contributed by atoms with van der Waals surface area (Å²) in [5.74, 6) is 0.425. The molecule has 0 spiro atoms. The SMILES string of the molecule is CC(C)(C)OC(=O)C1CCN(C(=O)C2CC2)CC1. The summed E-state index contributed by atoms with van der Waals surface area (Å²) in [6, 6.07) is 0. The first-order valence-electron chi connectivity index (χ1n) is 6.88. The number of rotatable bonds is 2. The standard InChI is InChI=1S/C14H23NO3/c1-14(2,3)18-13(17)11-6-8-15(9-7-11)12(16)10-4-5-10/h10-11H,4-9H2,1-3H3. The molecule has 18 heavy (non-hydrogen) atoms. The molecule has 0 atom stereocenters. The van der Waals surface area contributed by atoms with Gasteiger partial charge in [-0.05, 0) is 46.5 Å². The van der Waals surface area contributed by atoms with Crippen LogP contribution in [0, 0.1) is 11.8 Å². The molecule has 4 nitrogen and oxygen atoms in total. The highest BCUT2D eigenvalue weighted by Gasteiger charge is 2.36. The Kier molecular flexibility index (Phi) is 3.64. The van der Waals surface area contributed by atoms with Crippen LogP contribution in [-0.2, 0) is 14.3 Å². The summed E-state index contributed by atoms with van der Waals surface area (Å²) in [4.78, 5) is 25.7. The van der Waals surface area contributed by atoms with Crippen LogP contribution in [0.5, 0.6) is 0 Å². The normalized spacial score (nSPS) is 21.8. The molecular weight excluding hydrogens is 230 g/mol. The van der Waals surface area contributed by atoms with Crippen molar-refractivity contribution >= 4 is 11.9 Å². The summed E-state index contributed by atoms with van der Waals surface area (Å²) in [6.07, 6.45) is 3.58. The molecule has 1 heterocycles. The molecule has 1 aliphatic heterocycles. The van der Waals surface area contributed by atoms with E-state index in [1.54, 1.807) is 0 Å². The fraction of sp³-hybridized carbons (Fsp3) is 0.857. The third-order valence-electron chi connectivity index (χ3n) is 3.47. The van der Waals surface area contributed by atoms with Gasteiger partial charge < -0.3 is 9.64 Å². The lowest BCUT2D eigenvalue weighted by atomic mass is 9.96. The summed E-state index contributed by atoms with van der Waals surface area (Å²) in [5, 5.41) is 0. The summed E-state index contributed by atoms with van der Waals surface area (Å²) in [7, 11) is 0. The van der Waals surface area contributed by atoms with Gasteiger partial charge in [0.15, 0.2) is 0 Å². The van der Waals surface area contributed by atoms with Gasteiger partial charge in [-0.1, -0.05) is 0 Å². The van der Waals surface area contributed by atoms with Crippen molar-refractivity contribution in [3.63, 3.8) is 0 Å². The minimum atomic E-state index is -0.419. The maximum Gasteiger partial charge on any atom is 0.309 e. The molecule has 2 fully saturated rings. The van der Waals surface area contributed by atoms with Gasteiger partial charge >= 0.3 is 5.97 Å². The van der Waals surface area contributed by atoms with E-state index in [-0.39, 0.29) is 23.7 Å². The molecule has 1 saturated carbocycles. The van der Waals surface area contributed by atoms with E-state index in [1.807, 2.05) is 25.7 Å². The Morgan fingerprint density at radius 2 is 1.56 bits per heavy atom. The molecule has 0 aromatic carbocycles. The van der Waals surface area contributed by atoms with E-state index in [1.165, 1.54) is 0 Å². The van der Waals surface area contributed by atoms with Gasteiger partial charge in [0.2, 0.25) is 5.91 Å². The molecule has 0 aromatic rings. The lowest BCUT2D eigenvalue weighted by Gasteiger charge is -2.32. The average Bonchev–Trinajstić information content (AvgIpc) is 3.10. The summed E-state index contributed by atoms with van der Waals surface area (Å²) < 4.78 is 5.39. The number of piperidine rings is 1. The second-order valence-corrected chi connectivity index (χ2v) is 6.41. The molecular formula is C14H23NO3. The van der Waals surface area contributed by atoms with Gasteiger partial charge in [0.05, 0.1) is 5.92 Å². The highest BCUT2D eigenvalue weighted by Crippen LogP contribution is 2.32. The van der Waals surface area contributed by atoms with Crippen molar-refractivity contribution in [3.05, 3.63) is 0 Å². The Balaban J connectivity index is 1.79. The van der Waals surface area contributed by atoms with Crippen LogP contribution < -0.4 is 0 Å². The van der Waals surface area contributed by atoms with Crippen LogP contribution in [0.1, 0.15) is 46.5 Å². The Labute approximate surface area is 109 Å². The minimum Gasteiger partial charge on any atom is -0.460 e. The van der Waals surface area contributed by atoms with Crippen LogP contribution in [0.25, 0.3) is 0 Å². The molecule has 4 heteroatoms. The number of carbonyl (C=O) groups is 2. The van der Waals surface area contributed by atoms with Crippen molar-refractivity contribution in [3.8, 4) is 0 Å². The van der Waals surface area contributed by atoms with Crippen molar-refractivity contribution in [2.75, 3.05) is 13.1 Å². The highest BCUT2D eigenvalue weighted by molar-refractivity contribution is 5.81.